The molecule has 5 heteroatoms. The van der Waals surface area contributed by atoms with Gasteiger partial charge in [0.15, 0.2) is 5.57 Å². The number of benzene rings is 2. The third-order valence-electron chi connectivity index (χ3n) is 3.78. The van der Waals surface area contributed by atoms with E-state index in [0.29, 0.717) is 5.56 Å². The maximum atomic E-state index is 12.1. The van der Waals surface area contributed by atoms with Crippen LogP contribution in [-0.4, -0.2) is 16.7 Å². The fourth-order valence-corrected chi connectivity index (χ4v) is 2.76. The molecule has 23 heavy (non-hydrogen) atoms. The molecule has 0 bridgehead atoms. The Kier molecular flexibility index (Phi) is 3.62. The molecule has 2 aromatic carbocycles. The van der Waals surface area contributed by atoms with Gasteiger partial charge in [-0.15, -0.1) is 0 Å². The molecule has 2 amide bonds. The van der Waals surface area contributed by atoms with Crippen molar-refractivity contribution in [3.8, 4) is 12.1 Å². The number of imide groups is 1. The SMILES string of the molecule is N#CC(C#N)=C(c1cccc2ccccc12)N1C(=O)CCC1=O. The van der Waals surface area contributed by atoms with Crippen LogP contribution < -0.4 is 0 Å². The van der Waals surface area contributed by atoms with Crippen LogP contribution in [0.5, 0.6) is 0 Å². The van der Waals surface area contributed by atoms with E-state index in [1.165, 1.54) is 0 Å². The molecule has 0 aliphatic carbocycles. The summed E-state index contributed by atoms with van der Waals surface area (Å²) in [6.07, 6.45) is 0.189. The number of fused-ring (bicyclic) bond motifs is 1. The van der Waals surface area contributed by atoms with E-state index in [0.717, 1.165) is 15.7 Å². The average Bonchev–Trinajstić information content (AvgIpc) is 2.91. The Morgan fingerprint density at radius 2 is 1.52 bits per heavy atom. The van der Waals surface area contributed by atoms with Crippen LogP contribution >= 0.6 is 0 Å². The van der Waals surface area contributed by atoms with E-state index in [9.17, 15) is 20.1 Å². The summed E-state index contributed by atoms with van der Waals surface area (Å²) in [7, 11) is 0. The summed E-state index contributed by atoms with van der Waals surface area (Å²) in [5, 5.41) is 20.2. The molecule has 0 N–H and O–H groups in total. The molecule has 0 aromatic heterocycles. The van der Waals surface area contributed by atoms with Crippen LogP contribution in [0.15, 0.2) is 48.0 Å². The van der Waals surface area contributed by atoms with E-state index in [2.05, 4.69) is 0 Å². The van der Waals surface area contributed by atoms with Gasteiger partial charge in [0.2, 0.25) is 11.8 Å². The number of nitrogens with zero attached hydrogens (tertiary/aromatic N) is 3. The van der Waals surface area contributed by atoms with Gasteiger partial charge in [0, 0.05) is 18.4 Å². The van der Waals surface area contributed by atoms with E-state index < -0.39 is 0 Å². The minimum absolute atomic E-state index is 0.0827. The van der Waals surface area contributed by atoms with Gasteiger partial charge in [0.05, 0.1) is 5.70 Å². The third kappa shape index (κ3) is 2.35. The number of nitriles is 2. The Balaban J connectivity index is 2.35. The maximum absolute atomic E-state index is 12.1. The van der Waals surface area contributed by atoms with Crippen molar-refractivity contribution in [2.45, 2.75) is 12.8 Å². The lowest BCUT2D eigenvalue weighted by molar-refractivity contribution is -0.134. The molecule has 1 saturated heterocycles. The Morgan fingerprint density at radius 3 is 2.17 bits per heavy atom. The number of carbonyl (C=O) groups is 2. The molecule has 0 radical (unpaired) electrons. The minimum Gasteiger partial charge on any atom is -0.274 e. The number of hydrogen-bond acceptors (Lipinski definition) is 4. The largest absolute Gasteiger partial charge is 0.274 e. The third-order valence-corrected chi connectivity index (χ3v) is 3.78. The van der Waals surface area contributed by atoms with Gasteiger partial charge in [-0.2, -0.15) is 10.5 Å². The van der Waals surface area contributed by atoms with Crippen LogP contribution in [-0.2, 0) is 9.59 Å². The minimum atomic E-state index is -0.388. The maximum Gasteiger partial charge on any atom is 0.234 e. The standard InChI is InChI=1S/C18H11N3O2/c19-10-13(11-20)18(21-16(22)8-9-17(21)23)15-7-3-5-12-4-1-2-6-14(12)15/h1-7H,8-9H2. The number of allylic oxidation sites excluding steroid dienone is 1. The Bertz CT molecular complexity index is 907. The van der Waals surface area contributed by atoms with Crippen LogP contribution in [0.3, 0.4) is 0 Å². The molecule has 0 saturated carbocycles. The van der Waals surface area contributed by atoms with Crippen LogP contribution in [0.2, 0.25) is 0 Å². The molecule has 5 nitrogen and oxygen atoms in total. The summed E-state index contributed by atoms with van der Waals surface area (Å²) in [5.41, 5.74) is 0.369. The van der Waals surface area contributed by atoms with Gasteiger partial charge in [-0.3, -0.25) is 9.59 Å². The second kappa shape index (κ2) is 5.75. The van der Waals surface area contributed by atoms with Crippen molar-refractivity contribution >= 4 is 28.3 Å². The highest BCUT2D eigenvalue weighted by molar-refractivity contribution is 6.12. The van der Waals surface area contributed by atoms with Crippen molar-refractivity contribution in [2.24, 2.45) is 0 Å². The fourth-order valence-electron chi connectivity index (χ4n) is 2.76. The highest BCUT2D eigenvalue weighted by Crippen LogP contribution is 2.33. The predicted octanol–water partition coefficient (Wildman–Crippen LogP) is 2.75. The molecule has 0 spiro atoms. The van der Waals surface area contributed by atoms with Crippen molar-refractivity contribution in [1.82, 2.24) is 4.90 Å². The molecule has 0 unspecified atom stereocenters. The first-order chi connectivity index (χ1) is 11.2. The molecule has 1 fully saturated rings. The van der Waals surface area contributed by atoms with Crippen molar-refractivity contribution in [2.75, 3.05) is 0 Å². The van der Waals surface area contributed by atoms with Gasteiger partial charge in [0.25, 0.3) is 0 Å². The van der Waals surface area contributed by atoms with E-state index in [1.54, 1.807) is 24.3 Å². The highest BCUT2D eigenvalue weighted by atomic mass is 16.2. The lowest BCUT2D eigenvalue weighted by Gasteiger charge is -2.20. The molecule has 0 atom stereocenters. The molecule has 3 rings (SSSR count). The monoisotopic (exact) mass is 301 g/mol. The molecule has 1 aliphatic heterocycles. The van der Waals surface area contributed by atoms with Crippen LogP contribution in [0.4, 0.5) is 0 Å². The van der Waals surface area contributed by atoms with Gasteiger partial charge < -0.3 is 0 Å². The van der Waals surface area contributed by atoms with E-state index in [4.69, 9.17) is 0 Å². The van der Waals surface area contributed by atoms with E-state index >= 15 is 0 Å². The summed E-state index contributed by atoms with van der Waals surface area (Å²) in [6, 6.07) is 16.4. The Hall–Kier alpha value is -3.44. The molecule has 110 valence electrons. The van der Waals surface area contributed by atoms with Crippen LogP contribution in [0.25, 0.3) is 16.5 Å². The Morgan fingerprint density at radius 1 is 0.913 bits per heavy atom. The molecular formula is C18H11N3O2. The van der Waals surface area contributed by atoms with Gasteiger partial charge in [-0.1, -0.05) is 42.5 Å². The topological polar surface area (TPSA) is 85.0 Å². The number of rotatable bonds is 2. The summed E-state index contributed by atoms with van der Waals surface area (Å²) in [6.45, 7) is 0. The smallest absolute Gasteiger partial charge is 0.234 e. The van der Waals surface area contributed by atoms with E-state index in [-0.39, 0.29) is 35.9 Å². The predicted molar refractivity (Wildman–Crippen MR) is 83.2 cm³/mol. The quantitative estimate of drug-likeness (QED) is 0.630. The highest BCUT2D eigenvalue weighted by Gasteiger charge is 2.35. The van der Waals surface area contributed by atoms with Gasteiger partial charge in [0.1, 0.15) is 12.1 Å². The lowest BCUT2D eigenvalue weighted by Crippen LogP contribution is -2.28. The summed E-state index contributed by atoms with van der Waals surface area (Å²) >= 11 is 0. The lowest BCUT2D eigenvalue weighted by atomic mass is 9.99. The summed E-state index contributed by atoms with van der Waals surface area (Å²) in [4.78, 5) is 25.2. The Labute approximate surface area is 132 Å². The van der Waals surface area contributed by atoms with Crippen molar-refractivity contribution in [3.63, 3.8) is 0 Å². The first-order valence-electron chi connectivity index (χ1n) is 7.05. The zero-order chi connectivity index (χ0) is 16.4. The fraction of sp³-hybridized carbons (Fsp3) is 0.111. The van der Waals surface area contributed by atoms with Gasteiger partial charge >= 0.3 is 0 Å². The first-order valence-corrected chi connectivity index (χ1v) is 7.05. The van der Waals surface area contributed by atoms with Gasteiger partial charge in [-0.25, -0.2) is 4.90 Å². The zero-order valence-corrected chi connectivity index (χ0v) is 12.1. The first kappa shape index (κ1) is 14.5. The molecule has 1 aliphatic rings. The summed E-state index contributed by atoms with van der Waals surface area (Å²) in [5.74, 6) is -0.776. The summed E-state index contributed by atoms with van der Waals surface area (Å²) < 4.78 is 0. The van der Waals surface area contributed by atoms with Crippen molar-refractivity contribution in [3.05, 3.63) is 53.6 Å². The van der Waals surface area contributed by atoms with Crippen molar-refractivity contribution < 1.29 is 9.59 Å². The normalized spacial score (nSPS) is 13.7. The second-order valence-corrected chi connectivity index (χ2v) is 5.10. The van der Waals surface area contributed by atoms with Crippen LogP contribution in [0, 0.1) is 22.7 Å². The molecule has 2 aromatic rings. The van der Waals surface area contributed by atoms with Crippen molar-refractivity contribution in [1.29, 1.82) is 10.5 Å². The molecular weight excluding hydrogens is 290 g/mol. The zero-order valence-electron chi connectivity index (χ0n) is 12.1. The number of hydrogen-bond donors (Lipinski definition) is 0. The average molecular weight is 301 g/mol. The number of amides is 2. The van der Waals surface area contributed by atoms with E-state index in [1.807, 2.05) is 30.3 Å². The number of carbonyl (C=O) groups excluding carboxylic acids is 2. The second-order valence-electron chi connectivity index (χ2n) is 5.10. The van der Waals surface area contributed by atoms with Crippen LogP contribution in [0.1, 0.15) is 18.4 Å². The number of likely N-dealkylation sites (tertiary alicyclic amines) is 1. The molecule has 1 heterocycles. The van der Waals surface area contributed by atoms with Gasteiger partial charge in [-0.05, 0) is 10.8 Å².